The molecule has 0 fully saturated rings. The van der Waals surface area contributed by atoms with Crippen molar-refractivity contribution in [1.82, 2.24) is 0 Å². The molecule has 1 heteroatoms. The maximum atomic E-state index is 2.42. The number of thiophene rings is 1. The first-order valence-electron chi connectivity index (χ1n) is 14.1. The zero-order chi connectivity index (χ0) is 26.9. The number of benzene rings is 8. The van der Waals surface area contributed by atoms with Crippen molar-refractivity contribution in [3.8, 4) is 22.3 Å². The Kier molecular flexibility index (Phi) is 4.87. The third kappa shape index (κ3) is 3.40. The second kappa shape index (κ2) is 8.76. The van der Waals surface area contributed by atoms with Crippen LogP contribution in [0.3, 0.4) is 0 Å². The second-order valence-corrected chi connectivity index (χ2v) is 12.0. The lowest BCUT2D eigenvalue weighted by molar-refractivity contribution is 1.64. The molecule has 0 unspecified atom stereocenters. The number of hydrogen-bond acceptors (Lipinski definition) is 1. The van der Waals surface area contributed by atoms with Crippen molar-refractivity contribution >= 4 is 74.6 Å². The van der Waals surface area contributed by atoms with Crippen molar-refractivity contribution in [1.29, 1.82) is 0 Å². The van der Waals surface area contributed by atoms with Crippen LogP contribution in [0, 0.1) is 0 Å². The van der Waals surface area contributed by atoms with Gasteiger partial charge in [-0.2, -0.15) is 0 Å². The summed E-state index contributed by atoms with van der Waals surface area (Å²) in [5, 5.41) is 13.2. The second-order valence-electron chi connectivity index (χ2n) is 10.9. The van der Waals surface area contributed by atoms with E-state index in [-0.39, 0.29) is 0 Å². The molecule has 0 saturated heterocycles. The van der Waals surface area contributed by atoms with Crippen LogP contribution in [0.25, 0.3) is 85.5 Å². The maximum absolute atomic E-state index is 2.42. The third-order valence-electron chi connectivity index (χ3n) is 8.65. The van der Waals surface area contributed by atoms with Crippen LogP contribution in [0.5, 0.6) is 0 Å². The van der Waals surface area contributed by atoms with Gasteiger partial charge < -0.3 is 0 Å². The van der Waals surface area contributed by atoms with E-state index in [1.54, 1.807) is 0 Å². The van der Waals surface area contributed by atoms with E-state index in [1.807, 2.05) is 11.3 Å². The summed E-state index contributed by atoms with van der Waals surface area (Å²) in [5.41, 5.74) is 5.02. The Morgan fingerprint density at radius 1 is 0.293 bits per heavy atom. The fourth-order valence-electron chi connectivity index (χ4n) is 6.75. The molecule has 0 amide bonds. The van der Waals surface area contributed by atoms with E-state index in [1.165, 1.54) is 85.5 Å². The minimum atomic E-state index is 1.24. The summed E-state index contributed by atoms with van der Waals surface area (Å²) in [7, 11) is 0. The Bertz CT molecular complexity index is 2460. The van der Waals surface area contributed by atoms with Crippen molar-refractivity contribution in [3.63, 3.8) is 0 Å². The van der Waals surface area contributed by atoms with E-state index in [9.17, 15) is 0 Å². The van der Waals surface area contributed by atoms with Crippen molar-refractivity contribution in [2.24, 2.45) is 0 Å². The van der Waals surface area contributed by atoms with Crippen molar-refractivity contribution in [3.05, 3.63) is 146 Å². The van der Waals surface area contributed by atoms with Crippen LogP contribution in [-0.2, 0) is 0 Å². The fraction of sp³-hybridized carbons (Fsp3) is 0. The van der Waals surface area contributed by atoms with E-state index in [4.69, 9.17) is 0 Å². The van der Waals surface area contributed by atoms with Gasteiger partial charge in [0.25, 0.3) is 0 Å². The molecule has 0 saturated carbocycles. The van der Waals surface area contributed by atoms with Gasteiger partial charge in [-0.1, -0.05) is 121 Å². The van der Waals surface area contributed by atoms with Gasteiger partial charge in [0.05, 0.1) is 0 Å². The van der Waals surface area contributed by atoms with Gasteiger partial charge in [-0.3, -0.25) is 0 Å². The standard InChI is InChI=1S/C40H24S/c1-2-11-30-28(9-1)29-10-3-5-14-33(29)40-34-15-6-4-12-31(34)35(24-37(30)40)26-19-17-25(18-20-26)27-21-22-39-36(23-27)32-13-7-8-16-38(32)41-39/h1-24H. The van der Waals surface area contributed by atoms with E-state index in [2.05, 4.69) is 146 Å². The average Bonchev–Trinajstić information content (AvgIpc) is 3.42. The smallest absolute Gasteiger partial charge is 0.0355 e. The summed E-state index contributed by atoms with van der Waals surface area (Å²) in [4.78, 5) is 0. The molecule has 8 aromatic carbocycles. The van der Waals surface area contributed by atoms with Gasteiger partial charge in [0.2, 0.25) is 0 Å². The molecule has 41 heavy (non-hydrogen) atoms. The van der Waals surface area contributed by atoms with Gasteiger partial charge in [0, 0.05) is 20.2 Å². The van der Waals surface area contributed by atoms with Crippen LogP contribution in [-0.4, -0.2) is 0 Å². The van der Waals surface area contributed by atoms with Gasteiger partial charge in [0.1, 0.15) is 0 Å². The Hall–Kier alpha value is -4.98. The lowest BCUT2D eigenvalue weighted by Crippen LogP contribution is -1.88. The van der Waals surface area contributed by atoms with Crippen LogP contribution >= 0.6 is 11.3 Å². The van der Waals surface area contributed by atoms with Crippen molar-refractivity contribution < 1.29 is 0 Å². The van der Waals surface area contributed by atoms with Gasteiger partial charge >= 0.3 is 0 Å². The molecule has 190 valence electrons. The summed E-state index contributed by atoms with van der Waals surface area (Å²) < 4.78 is 2.69. The van der Waals surface area contributed by atoms with Gasteiger partial charge in [-0.25, -0.2) is 0 Å². The Morgan fingerprint density at radius 2 is 0.780 bits per heavy atom. The normalized spacial score (nSPS) is 11.9. The monoisotopic (exact) mass is 536 g/mol. The Morgan fingerprint density at radius 3 is 1.51 bits per heavy atom. The molecule has 0 N–H and O–H groups in total. The van der Waals surface area contributed by atoms with Crippen molar-refractivity contribution in [2.45, 2.75) is 0 Å². The molecule has 9 rings (SSSR count). The summed E-state index contributed by atoms with van der Waals surface area (Å²) in [5.74, 6) is 0. The number of rotatable bonds is 2. The van der Waals surface area contributed by atoms with E-state index in [0.29, 0.717) is 0 Å². The molecule has 0 atom stereocenters. The van der Waals surface area contributed by atoms with Gasteiger partial charge in [-0.15, -0.1) is 11.3 Å². The molecule has 0 spiro atoms. The Labute approximate surface area is 241 Å². The zero-order valence-corrected chi connectivity index (χ0v) is 23.1. The highest BCUT2D eigenvalue weighted by Gasteiger charge is 2.15. The molecule has 1 heterocycles. The average molecular weight is 537 g/mol. The first-order chi connectivity index (χ1) is 20.3. The molecule has 9 aromatic rings. The lowest BCUT2D eigenvalue weighted by Gasteiger charge is -2.16. The first-order valence-corrected chi connectivity index (χ1v) is 14.9. The highest BCUT2D eigenvalue weighted by Crippen LogP contribution is 2.43. The summed E-state index contributed by atoms with van der Waals surface area (Å²) in [6.07, 6.45) is 0. The summed E-state index contributed by atoms with van der Waals surface area (Å²) in [6, 6.07) is 53.8. The predicted octanol–water partition coefficient (Wildman–Crippen LogP) is 12.0. The van der Waals surface area contributed by atoms with Crippen molar-refractivity contribution in [2.75, 3.05) is 0 Å². The first kappa shape index (κ1) is 22.8. The lowest BCUT2D eigenvalue weighted by atomic mass is 9.87. The van der Waals surface area contributed by atoms with Crippen LogP contribution in [0.1, 0.15) is 0 Å². The topological polar surface area (TPSA) is 0 Å². The largest absolute Gasteiger partial charge is 0.135 e. The molecule has 0 bridgehead atoms. The van der Waals surface area contributed by atoms with Crippen LogP contribution in [0.2, 0.25) is 0 Å². The van der Waals surface area contributed by atoms with E-state index < -0.39 is 0 Å². The summed E-state index contributed by atoms with van der Waals surface area (Å²) in [6.45, 7) is 0. The SMILES string of the molecule is c1ccc2c(c1)sc1ccc(-c3ccc(-c4cc5c6ccccc6c6ccccc6c5c5ccccc45)cc3)cc12. The summed E-state index contributed by atoms with van der Waals surface area (Å²) >= 11 is 1.87. The van der Waals surface area contributed by atoms with Crippen LogP contribution < -0.4 is 0 Å². The van der Waals surface area contributed by atoms with Crippen LogP contribution in [0.4, 0.5) is 0 Å². The zero-order valence-electron chi connectivity index (χ0n) is 22.3. The molecule has 0 aliphatic rings. The molecule has 0 radical (unpaired) electrons. The maximum Gasteiger partial charge on any atom is 0.0355 e. The predicted molar refractivity (Wildman–Crippen MR) is 180 cm³/mol. The number of hydrogen-bond donors (Lipinski definition) is 0. The Balaban J connectivity index is 1.26. The highest BCUT2D eigenvalue weighted by atomic mass is 32.1. The third-order valence-corrected chi connectivity index (χ3v) is 9.81. The molecule has 0 aliphatic carbocycles. The highest BCUT2D eigenvalue weighted by molar-refractivity contribution is 7.25. The minimum absolute atomic E-state index is 1.24. The minimum Gasteiger partial charge on any atom is -0.135 e. The van der Waals surface area contributed by atoms with Crippen LogP contribution in [0.15, 0.2) is 146 Å². The van der Waals surface area contributed by atoms with Gasteiger partial charge in [0.15, 0.2) is 0 Å². The van der Waals surface area contributed by atoms with E-state index in [0.717, 1.165) is 0 Å². The van der Waals surface area contributed by atoms with E-state index >= 15 is 0 Å². The quantitative estimate of drug-likeness (QED) is 0.193. The molecule has 0 aliphatic heterocycles. The molecule has 0 nitrogen and oxygen atoms in total. The molecular weight excluding hydrogens is 513 g/mol. The molecular formula is C40H24S. The fourth-order valence-corrected chi connectivity index (χ4v) is 7.84. The molecule has 1 aromatic heterocycles. The van der Waals surface area contributed by atoms with Gasteiger partial charge in [-0.05, 0) is 89.6 Å². The number of fused-ring (bicyclic) bond motifs is 11.